The standard InChI is InChI=1S/C33H28N4O3S3/c1-6-40-32(39)27-28(22-11-8-7-9-12-22)35-33-37(29(27)25-13-10-14-41-25)30(38)26(43-33)16-23-15-18(2)36(20(23)4)31-24(17-34)19(3)21(5)42-31/h7-16,29H,6H2,1-5H3/b26-16+/t29-/m1/s1. The highest BCUT2D eigenvalue weighted by molar-refractivity contribution is 7.15. The first kappa shape index (κ1) is 28.8. The first-order valence-electron chi connectivity index (χ1n) is 13.8. The van der Waals surface area contributed by atoms with Crippen molar-refractivity contribution in [1.29, 1.82) is 5.26 Å². The van der Waals surface area contributed by atoms with Gasteiger partial charge in [0.05, 0.1) is 28.0 Å². The number of carbonyl (C=O) groups is 1. The average molecular weight is 625 g/mol. The number of nitrogens with zero attached hydrogens (tertiary/aromatic N) is 4. The summed E-state index contributed by atoms with van der Waals surface area (Å²) in [6, 6.07) is 17.1. The molecule has 1 atom stereocenters. The molecule has 7 nitrogen and oxygen atoms in total. The second-order valence-electron chi connectivity index (χ2n) is 10.2. The fourth-order valence-electron chi connectivity index (χ4n) is 5.44. The van der Waals surface area contributed by atoms with E-state index >= 15 is 0 Å². The molecule has 1 aromatic carbocycles. The quantitative estimate of drug-likeness (QED) is 0.218. The number of rotatable bonds is 6. The molecule has 0 bridgehead atoms. The maximum Gasteiger partial charge on any atom is 0.338 e. The van der Waals surface area contributed by atoms with Crippen LogP contribution in [-0.4, -0.2) is 21.7 Å². The molecular formula is C33H28N4O3S3. The Hall–Kier alpha value is -4.30. The van der Waals surface area contributed by atoms with Crippen molar-refractivity contribution in [3.63, 3.8) is 0 Å². The average Bonchev–Trinajstić information content (AvgIpc) is 3.76. The number of carbonyl (C=O) groups excluding carboxylic acids is 1. The van der Waals surface area contributed by atoms with Crippen molar-refractivity contribution in [3.8, 4) is 11.1 Å². The molecule has 0 unspecified atom stereocenters. The molecule has 0 fully saturated rings. The first-order chi connectivity index (χ1) is 20.7. The summed E-state index contributed by atoms with van der Waals surface area (Å²) < 4.78 is 9.75. The van der Waals surface area contributed by atoms with Gasteiger partial charge in [0.2, 0.25) is 0 Å². The van der Waals surface area contributed by atoms with Gasteiger partial charge in [-0.15, -0.1) is 22.7 Å². The fraction of sp³-hybridized carbons (Fsp3) is 0.212. The Morgan fingerprint density at radius 3 is 2.56 bits per heavy atom. The number of ether oxygens (including phenoxy) is 1. The van der Waals surface area contributed by atoms with Crippen LogP contribution >= 0.6 is 34.0 Å². The van der Waals surface area contributed by atoms with Crippen molar-refractivity contribution >= 4 is 51.8 Å². The number of fused-ring (bicyclic) bond motifs is 1. The van der Waals surface area contributed by atoms with Gasteiger partial charge in [-0.3, -0.25) is 9.36 Å². The van der Waals surface area contributed by atoms with Crippen LogP contribution in [-0.2, 0) is 9.53 Å². The van der Waals surface area contributed by atoms with Gasteiger partial charge < -0.3 is 9.30 Å². The Kier molecular flexibility index (Phi) is 7.65. The number of hydrogen-bond acceptors (Lipinski definition) is 8. The summed E-state index contributed by atoms with van der Waals surface area (Å²) in [7, 11) is 0. The number of esters is 1. The smallest absolute Gasteiger partial charge is 0.338 e. The maximum absolute atomic E-state index is 14.2. The molecule has 5 aromatic rings. The summed E-state index contributed by atoms with van der Waals surface area (Å²) >= 11 is 4.39. The van der Waals surface area contributed by atoms with Crippen LogP contribution in [0.4, 0.5) is 0 Å². The molecule has 0 N–H and O–H groups in total. The Balaban J connectivity index is 1.59. The molecule has 6 rings (SSSR count). The number of nitriles is 1. The number of benzene rings is 1. The third kappa shape index (κ3) is 4.83. The summed E-state index contributed by atoms with van der Waals surface area (Å²) in [6.07, 6.45) is 1.89. The molecule has 0 saturated carbocycles. The number of aromatic nitrogens is 2. The number of thiophene rings is 2. The van der Waals surface area contributed by atoms with Crippen molar-refractivity contribution in [1.82, 2.24) is 9.13 Å². The van der Waals surface area contributed by atoms with Crippen molar-refractivity contribution in [3.05, 3.63) is 123 Å². The molecule has 4 aromatic heterocycles. The zero-order valence-corrected chi connectivity index (χ0v) is 26.7. The molecule has 10 heteroatoms. The summed E-state index contributed by atoms with van der Waals surface area (Å²) in [5.41, 5.74) is 5.88. The predicted molar refractivity (Wildman–Crippen MR) is 173 cm³/mol. The largest absolute Gasteiger partial charge is 0.463 e. The van der Waals surface area contributed by atoms with Crippen LogP contribution in [0.15, 0.2) is 69.3 Å². The van der Waals surface area contributed by atoms with E-state index in [-0.39, 0.29) is 12.2 Å². The maximum atomic E-state index is 14.2. The van der Waals surface area contributed by atoms with Crippen LogP contribution in [0.25, 0.3) is 16.8 Å². The zero-order valence-electron chi connectivity index (χ0n) is 24.3. The summed E-state index contributed by atoms with van der Waals surface area (Å²) in [5, 5.41) is 12.7. The van der Waals surface area contributed by atoms with Crippen LogP contribution in [0.3, 0.4) is 0 Å². The van der Waals surface area contributed by atoms with Crippen molar-refractivity contribution in [2.24, 2.45) is 4.99 Å². The fourth-order valence-corrected chi connectivity index (χ4v) is 8.48. The molecule has 1 aliphatic rings. The third-order valence-electron chi connectivity index (χ3n) is 7.62. The lowest BCUT2D eigenvalue weighted by Gasteiger charge is -2.24. The monoisotopic (exact) mass is 624 g/mol. The molecule has 1 aliphatic heterocycles. The SMILES string of the molecule is CCOC(=O)C1=C(c2ccccc2)N=c2s/c(=C/c3cc(C)n(-c4sc(C)c(C)c4C#N)c3C)c(=O)n2[C@@H]1c1cccs1. The minimum Gasteiger partial charge on any atom is -0.463 e. The second kappa shape index (κ2) is 11.4. The number of hydrogen-bond donors (Lipinski definition) is 0. The molecule has 0 spiro atoms. The van der Waals surface area contributed by atoms with Gasteiger partial charge in [0.25, 0.3) is 5.56 Å². The van der Waals surface area contributed by atoms with Gasteiger partial charge in [0.15, 0.2) is 4.80 Å². The van der Waals surface area contributed by atoms with Crippen molar-refractivity contribution < 1.29 is 9.53 Å². The highest BCUT2D eigenvalue weighted by atomic mass is 32.1. The molecule has 0 aliphatic carbocycles. The highest BCUT2D eigenvalue weighted by Crippen LogP contribution is 2.37. The molecule has 0 amide bonds. The molecule has 0 radical (unpaired) electrons. The molecule has 43 heavy (non-hydrogen) atoms. The molecule has 5 heterocycles. The van der Waals surface area contributed by atoms with Gasteiger partial charge in [-0.25, -0.2) is 9.79 Å². The molecule has 0 saturated heterocycles. The van der Waals surface area contributed by atoms with E-state index < -0.39 is 12.0 Å². The van der Waals surface area contributed by atoms with E-state index in [4.69, 9.17) is 9.73 Å². The Bertz CT molecular complexity index is 2140. The van der Waals surface area contributed by atoms with Gasteiger partial charge in [-0.1, -0.05) is 47.7 Å². The van der Waals surface area contributed by atoms with E-state index in [1.807, 2.05) is 87.7 Å². The van der Waals surface area contributed by atoms with Crippen LogP contribution in [0.5, 0.6) is 0 Å². The zero-order chi connectivity index (χ0) is 30.4. The minimum absolute atomic E-state index is 0.207. The van der Waals surface area contributed by atoms with Crippen molar-refractivity contribution in [2.45, 2.75) is 40.7 Å². The minimum atomic E-state index is -0.671. The van der Waals surface area contributed by atoms with Crippen LogP contribution in [0.2, 0.25) is 0 Å². The van der Waals surface area contributed by atoms with E-state index in [0.29, 0.717) is 26.2 Å². The van der Waals surface area contributed by atoms with Gasteiger partial charge in [0.1, 0.15) is 17.1 Å². The Morgan fingerprint density at radius 2 is 1.88 bits per heavy atom. The van der Waals surface area contributed by atoms with E-state index in [1.54, 1.807) is 22.8 Å². The summed E-state index contributed by atoms with van der Waals surface area (Å²) in [5.74, 6) is -0.490. The lowest BCUT2D eigenvalue weighted by molar-refractivity contribution is -0.138. The first-order valence-corrected chi connectivity index (χ1v) is 16.3. The Labute approximate surface area is 260 Å². The van der Waals surface area contributed by atoms with Crippen LogP contribution in [0.1, 0.15) is 56.4 Å². The predicted octanol–water partition coefficient (Wildman–Crippen LogP) is 5.95. The normalized spacial score (nSPS) is 14.9. The van der Waals surface area contributed by atoms with E-state index in [2.05, 4.69) is 10.6 Å². The Morgan fingerprint density at radius 1 is 1.12 bits per heavy atom. The number of aryl methyl sites for hydroxylation is 2. The lowest BCUT2D eigenvalue weighted by atomic mass is 9.97. The third-order valence-corrected chi connectivity index (χ3v) is 10.7. The highest BCUT2D eigenvalue weighted by Gasteiger charge is 2.35. The van der Waals surface area contributed by atoms with E-state index in [1.165, 1.54) is 22.7 Å². The van der Waals surface area contributed by atoms with Crippen molar-refractivity contribution in [2.75, 3.05) is 6.61 Å². The van der Waals surface area contributed by atoms with Gasteiger partial charge in [0, 0.05) is 26.7 Å². The lowest BCUT2D eigenvalue weighted by Crippen LogP contribution is -2.39. The van der Waals surface area contributed by atoms with Gasteiger partial charge in [-0.05, 0) is 69.3 Å². The van der Waals surface area contributed by atoms with E-state index in [9.17, 15) is 14.9 Å². The summed E-state index contributed by atoms with van der Waals surface area (Å²) in [6.45, 7) is 9.98. The molecule has 216 valence electrons. The topological polar surface area (TPSA) is 89.4 Å². The van der Waals surface area contributed by atoms with E-state index in [0.717, 1.165) is 42.8 Å². The van der Waals surface area contributed by atoms with Crippen LogP contribution < -0.4 is 14.9 Å². The summed E-state index contributed by atoms with van der Waals surface area (Å²) in [4.78, 5) is 35.1. The molecular weight excluding hydrogens is 597 g/mol. The van der Waals surface area contributed by atoms with Crippen LogP contribution in [0, 0.1) is 39.0 Å². The van der Waals surface area contributed by atoms with Gasteiger partial charge >= 0.3 is 5.97 Å². The van der Waals surface area contributed by atoms with Gasteiger partial charge in [-0.2, -0.15) is 5.26 Å². The second-order valence-corrected chi connectivity index (χ2v) is 13.4. The number of thiazole rings is 1.